The molecule has 2 aromatic rings. The standard InChI is InChI=1S/C14H18N4O2/c1-9(14(20)18(2)3)15-8-12-16-11-7-5-4-6-10(11)13(19)17-12/h4-7,9,15H,8H2,1-3H3,(H,16,17,19). The molecule has 20 heavy (non-hydrogen) atoms. The van der Waals surface area contributed by atoms with Crippen molar-refractivity contribution in [2.45, 2.75) is 19.5 Å². The fourth-order valence-corrected chi connectivity index (χ4v) is 1.94. The lowest BCUT2D eigenvalue weighted by Crippen LogP contribution is -2.41. The Bertz CT molecular complexity index is 678. The zero-order chi connectivity index (χ0) is 14.7. The number of aromatic amines is 1. The summed E-state index contributed by atoms with van der Waals surface area (Å²) in [4.78, 5) is 32.2. The smallest absolute Gasteiger partial charge is 0.258 e. The van der Waals surface area contributed by atoms with E-state index in [1.165, 1.54) is 4.90 Å². The molecule has 0 saturated heterocycles. The Labute approximate surface area is 116 Å². The van der Waals surface area contributed by atoms with Crippen LogP contribution in [0, 0.1) is 0 Å². The zero-order valence-corrected chi connectivity index (χ0v) is 11.8. The molecule has 1 unspecified atom stereocenters. The number of rotatable bonds is 4. The van der Waals surface area contributed by atoms with Crippen molar-refractivity contribution in [2.24, 2.45) is 0 Å². The summed E-state index contributed by atoms with van der Waals surface area (Å²) in [5, 5.41) is 3.61. The lowest BCUT2D eigenvalue weighted by Gasteiger charge is -2.17. The Balaban J connectivity index is 2.15. The summed E-state index contributed by atoms with van der Waals surface area (Å²) in [5.41, 5.74) is 0.485. The lowest BCUT2D eigenvalue weighted by molar-refractivity contribution is -0.130. The quantitative estimate of drug-likeness (QED) is 0.850. The van der Waals surface area contributed by atoms with Gasteiger partial charge in [-0.15, -0.1) is 0 Å². The van der Waals surface area contributed by atoms with E-state index in [-0.39, 0.29) is 17.5 Å². The van der Waals surface area contributed by atoms with Crippen LogP contribution in [-0.4, -0.2) is 40.9 Å². The highest BCUT2D eigenvalue weighted by molar-refractivity contribution is 5.81. The summed E-state index contributed by atoms with van der Waals surface area (Å²) < 4.78 is 0. The fraction of sp³-hybridized carbons (Fsp3) is 0.357. The summed E-state index contributed by atoms with van der Waals surface area (Å²) in [5.74, 6) is 0.500. The molecule has 0 saturated carbocycles. The number of hydrogen-bond donors (Lipinski definition) is 2. The van der Waals surface area contributed by atoms with E-state index in [2.05, 4.69) is 15.3 Å². The molecule has 106 valence electrons. The van der Waals surface area contributed by atoms with Gasteiger partial charge in [-0.25, -0.2) is 4.98 Å². The van der Waals surface area contributed by atoms with E-state index in [0.717, 1.165) is 0 Å². The van der Waals surface area contributed by atoms with Crippen molar-refractivity contribution in [3.8, 4) is 0 Å². The number of carbonyl (C=O) groups excluding carboxylic acids is 1. The predicted octanol–water partition coefficient (Wildman–Crippen LogP) is 0.489. The van der Waals surface area contributed by atoms with Crippen LogP contribution >= 0.6 is 0 Å². The van der Waals surface area contributed by atoms with Gasteiger partial charge in [0, 0.05) is 14.1 Å². The molecule has 0 fully saturated rings. The van der Waals surface area contributed by atoms with Crippen molar-refractivity contribution in [2.75, 3.05) is 14.1 Å². The van der Waals surface area contributed by atoms with Crippen molar-refractivity contribution in [1.29, 1.82) is 0 Å². The molecule has 0 bridgehead atoms. The van der Waals surface area contributed by atoms with Crippen LogP contribution in [0.25, 0.3) is 10.9 Å². The molecule has 1 atom stereocenters. The van der Waals surface area contributed by atoms with Gasteiger partial charge in [-0.2, -0.15) is 0 Å². The average Bonchev–Trinajstić information content (AvgIpc) is 2.44. The fourth-order valence-electron chi connectivity index (χ4n) is 1.94. The molecule has 6 heteroatoms. The number of H-pyrrole nitrogens is 1. The number of fused-ring (bicyclic) bond motifs is 1. The van der Waals surface area contributed by atoms with E-state index in [1.54, 1.807) is 39.2 Å². The van der Waals surface area contributed by atoms with Crippen LogP contribution in [-0.2, 0) is 11.3 Å². The first-order valence-electron chi connectivity index (χ1n) is 6.41. The highest BCUT2D eigenvalue weighted by Crippen LogP contribution is 2.05. The number of hydrogen-bond acceptors (Lipinski definition) is 4. The highest BCUT2D eigenvalue weighted by Gasteiger charge is 2.14. The first-order chi connectivity index (χ1) is 9.49. The van der Waals surface area contributed by atoms with Crippen molar-refractivity contribution >= 4 is 16.8 Å². The minimum Gasteiger partial charge on any atom is -0.347 e. The Kier molecular flexibility index (Phi) is 4.14. The van der Waals surface area contributed by atoms with Crippen LogP contribution in [0.5, 0.6) is 0 Å². The number of para-hydroxylation sites is 1. The second kappa shape index (κ2) is 5.83. The van der Waals surface area contributed by atoms with Crippen LogP contribution < -0.4 is 10.9 Å². The van der Waals surface area contributed by atoms with E-state index in [1.807, 2.05) is 6.07 Å². The van der Waals surface area contributed by atoms with Crippen molar-refractivity contribution in [3.63, 3.8) is 0 Å². The molecule has 0 aliphatic rings. The largest absolute Gasteiger partial charge is 0.347 e. The third kappa shape index (κ3) is 3.03. The molecule has 1 heterocycles. The van der Waals surface area contributed by atoms with Gasteiger partial charge in [-0.05, 0) is 19.1 Å². The molecular formula is C14H18N4O2. The van der Waals surface area contributed by atoms with Gasteiger partial charge >= 0.3 is 0 Å². The van der Waals surface area contributed by atoms with Crippen molar-refractivity contribution in [3.05, 3.63) is 40.4 Å². The number of benzene rings is 1. The van der Waals surface area contributed by atoms with Crippen LogP contribution in [0.15, 0.2) is 29.1 Å². The van der Waals surface area contributed by atoms with Gasteiger partial charge < -0.3 is 9.88 Å². The third-order valence-corrected chi connectivity index (χ3v) is 3.05. The molecule has 6 nitrogen and oxygen atoms in total. The second-order valence-corrected chi connectivity index (χ2v) is 4.87. The van der Waals surface area contributed by atoms with Crippen LogP contribution in [0.1, 0.15) is 12.7 Å². The Morgan fingerprint density at radius 3 is 2.80 bits per heavy atom. The number of aromatic nitrogens is 2. The molecule has 1 amide bonds. The molecule has 0 spiro atoms. The number of carbonyl (C=O) groups is 1. The third-order valence-electron chi connectivity index (χ3n) is 3.05. The first-order valence-corrected chi connectivity index (χ1v) is 6.41. The van der Waals surface area contributed by atoms with Gasteiger partial charge in [-0.3, -0.25) is 14.9 Å². The summed E-state index contributed by atoms with van der Waals surface area (Å²) in [6.45, 7) is 2.11. The van der Waals surface area contributed by atoms with E-state index < -0.39 is 0 Å². The number of amides is 1. The summed E-state index contributed by atoms with van der Waals surface area (Å²) >= 11 is 0. The van der Waals surface area contributed by atoms with Crippen molar-refractivity contribution in [1.82, 2.24) is 20.2 Å². The van der Waals surface area contributed by atoms with E-state index in [4.69, 9.17) is 0 Å². The predicted molar refractivity (Wildman–Crippen MR) is 77.4 cm³/mol. The SMILES string of the molecule is CC(NCc1nc2ccccc2c(=O)[nH]1)C(=O)N(C)C. The minimum absolute atomic E-state index is 0.0202. The van der Waals surface area contributed by atoms with Gasteiger partial charge in [0.2, 0.25) is 5.91 Å². The van der Waals surface area contributed by atoms with E-state index >= 15 is 0 Å². The average molecular weight is 274 g/mol. The lowest BCUT2D eigenvalue weighted by atomic mass is 10.2. The molecule has 0 aliphatic heterocycles. The Morgan fingerprint density at radius 2 is 2.10 bits per heavy atom. The molecule has 2 rings (SSSR count). The maximum absolute atomic E-state index is 11.9. The number of likely N-dealkylation sites (N-methyl/N-ethyl adjacent to an activating group) is 1. The topological polar surface area (TPSA) is 78.1 Å². The van der Waals surface area contributed by atoms with E-state index in [0.29, 0.717) is 23.3 Å². The monoisotopic (exact) mass is 274 g/mol. The van der Waals surface area contributed by atoms with Gasteiger partial charge in [0.1, 0.15) is 5.82 Å². The molecule has 0 radical (unpaired) electrons. The maximum atomic E-state index is 11.9. The highest BCUT2D eigenvalue weighted by atomic mass is 16.2. The first kappa shape index (κ1) is 14.2. The van der Waals surface area contributed by atoms with Crippen molar-refractivity contribution < 1.29 is 4.79 Å². The molecule has 2 N–H and O–H groups in total. The molecular weight excluding hydrogens is 256 g/mol. The number of nitrogens with one attached hydrogen (secondary N) is 2. The molecule has 0 aliphatic carbocycles. The van der Waals surface area contributed by atoms with Gasteiger partial charge in [-0.1, -0.05) is 12.1 Å². The normalized spacial score (nSPS) is 12.3. The molecule has 1 aromatic carbocycles. The Morgan fingerprint density at radius 1 is 1.40 bits per heavy atom. The van der Waals surface area contributed by atoms with Gasteiger partial charge in [0.15, 0.2) is 0 Å². The van der Waals surface area contributed by atoms with Crippen LogP contribution in [0.2, 0.25) is 0 Å². The summed E-state index contributed by atoms with van der Waals surface area (Å²) in [6.07, 6.45) is 0. The van der Waals surface area contributed by atoms with Gasteiger partial charge in [0.25, 0.3) is 5.56 Å². The number of nitrogens with zero attached hydrogens (tertiary/aromatic N) is 2. The molecule has 1 aromatic heterocycles. The Hall–Kier alpha value is -2.21. The zero-order valence-electron chi connectivity index (χ0n) is 11.8. The summed E-state index contributed by atoms with van der Waals surface area (Å²) in [7, 11) is 3.41. The van der Waals surface area contributed by atoms with Crippen LogP contribution in [0.4, 0.5) is 0 Å². The van der Waals surface area contributed by atoms with Crippen LogP contribution in [0.3, 0.4) is 0 Å². The maximum Gasteiger partial charge on any atom is 0.258 e. The van der Waals surface area contributed by atoms with Gasteiger partial charge in [0.05, 0.1) is 23.5 Å². The summed E-state index contributed by atoms with van der Waals surface area (Å²) in [6, 6.07) is 6.83. The minimum atomic E-state index is -0.332. The van der Waals surface area contributed by atoms with E-state index in [9.17, 15) is 9.59 Å². The second-order valence-electron chi connectivity index (χ2n) is 4.87.